The number of nitrogens with one attached hydrogen (secondary N) is 1. The molecule has 4 nitrogen and oxygen atoms in total. The molecule has 0 radical (unpaired) electrons. The highest BCUT2D eigenvalue weighted by atomic mass is 35.5. The van der Waals surface area contributed by atoms with Crippen LogP contribution < -0.4 is 4.72 Å². The summed E-state index contributed by atoms with van der Waals surface area (Å²) in [5.41, 5.74) is 0.966. The van der Waals surface area contributed by atoms with Crippen LogP contribution in [0.1, 0.15) is 31.0 Å². The van der Waals surface area contributed by atoms with Gasteiger partial charge in [-0.2, -0.15) is 0 Å². The topological polar surface area (TPSA) is 55.4 Å². The Labute approximate surface area is 156 Å². The maximum atomic E-state index is 12.8. The fourth-order valence-corrected chi connectivity index (χ4v) is 3.80. The zero-order valence-electron chi connectivity index (χ0n) is 14.7. The molecular weight excluding hydrogens is 358 g/mol. The van der Waals surface area contributed by atoms with E-state index in [2.05, 4.69) is 4.72 Å². The van der Waals surface area contributed by atoms with Crippen molar-refractivity contribution >= 4 is 28.6 Å². The van der Waals surface area contributed by atoms with Crippen molar-refractivity contribution in [1.29, 1.82) is 0 Å². The number of methoxy groups -OCH3 is 1. The minimum Gasteiger partial charge on any atom is -0.469 e. The predicted molar refractivity (Wildman–Crippen MR) is 101 cm³/mol. The van der Waals surface area contributed by atoms with Gasteiger partial charge in [-0.1, -0.05) is 41.4 Å². The third-order valence-electron chi connectivity index (χ3n) is 4.10. The van der Waals surface area contributed by atoms with Crippen molar-refractivity contribution in [3.05, 3.63) is 64.7 Å². The SMILES string of the molecule is COC(=O)C(C)(C)[C@@H](NS(=O)c1ccc(C)cc1)c1ccc(Cl)cc1. The Balaban J connectivity index is 2.37. The summed E-state index contributed by atoms with van der Waals surface area (Å²) in [6.45, 7) is 5.49. The van der Waals surface area contributed by atoms with Gasteiger partial charge in [0.05, 0.1) is 23.5 Å². The number of esters is 1. The minimum absolute atomic E-state index is 0.388. The van der Waals surface area contributed by atoms with Gasteiger partial charge in [0, 0.05) is 5.02 Å². The first-order valence-corrected chi connectivity index (χ1v) is 9.37. The second-order valence-corrected chi connectivity index (χ2v) is 8.08. The lowest BCUT2D eigenvalue weighted by molar-refractivity contribution is -0.152. The monoisotopic (exact) mass is 379 g/mol. The van der Waals surface area contributed by atoms with Gasteiger partial charge < -0.3 is 4.74 Å². The first-order valence-electron chi connectivity index (χ1n) is 7.84. The van der Waals surface area contributed by atoms with Crippen LogP contribution in [-0.4, -0.2) is 17.3 Å². The molecule has 1 unspecified atom stereocenters. The summed E-state index contributed by atoms with van der Waals surface area (Å²) < 4.78 is 20.8. The van der Waals surface area contributed by atoms with Gasteiger partial charge in [-0.3, -0.25) is 4.79 Å². The third-order valence-corrected chi connectivity index (χ3v) is 5.50. The normalized spacial score (nSPS) is 14.0. The van der Waals surface area contributed by atoms with Crippen LogP contribution in [0.4, 0.5) is 0 Å². The van der Waals surface area contributed by atoms with Crippen molar-refractivity contribution in [2.24, 2.45) is 5.41 Å². The van der Waals surface area contributed by atoms with E-state index in [4.69, 9.17) is 16.3 Å². The standard InChI is InChI=1S/C19H22ClNO3S/c1-13-5-11-16(12-6-13)25(23)21-17(19(2,3)18(22)24-4)14-7-9-15(20)10-8-14/h5-12,17,21H,1-4H3/t17-,25?/m0/s1. The molecule has 0 aliphatic rings. The highest BCUT2D eigenvalue weighted by Gasteiger charge is 2.40. The molecule has 0 heterocycles. The molecule has 0 bridgehead atoms. The number of benzene rings is 2. The predicted octanol–water partition coefficient (Wildman–Crippen LogP) is 4.20. The number of carbonyl (C=O) groups is 1. The number of aryl methyl sites for hydroxylation is 1. The van der Waals surface area contributed by atoms with Crippen molar-refractivity contribution in [2.75, 3.05) is 7.11 Å². The summed E-state index contributed by atoms with van der Waals surface area (Å²) in [7, 11) is -0.136. The quantitative estimate of drug-likeness (QED) is 0.765. The van der Waals surface area contributed by atoms with E-state index in [1.165, 1.54) is 7.11 Å². The van der Waals surface area contributed by atoms with Crippen molar-refractivity contribution in [1.82, 2.24) is 4.72 Å². The van der Waals surface area contributed by atoms with Gasteiger partial charge in [0.2, 0.25) is 0 Å². The zero-order valence-corrected chi connectivity index (χ0v) is 16.3. The molecule has 134 valence electrons. The molecule has 0 aromatic heterocycles. The molecule has 2 aromatic carbocycles. The average Bonchev–Trinajstić information content (AvgIpc) is 2.60. The van der Waals surface area contributed by atoms with Crippen molar-refractivity contribution in [2.45, 2.75) is 31.7 Å². The van der Waals surface area contributed by atoms with E-state index in [0.717, 1.165) is 11.1 Å². The molecule has 0 fully saturated rings. The molecule has 0 saturated heterocycles. The maximum Gasteiger partial charge on any atom is 0.313 e. The molecular formula is C19H22ClNO3S. The number of halogens is 1. The maximum absolute atomic E-state index is 12.8. The van der Waals surface area contributed by atoms with Crippen molar-refractivity contribution in [3.8, 4) is 0 Å². The Bertz CT molecular complexity index is 757. The molecule has 2 rings (SSSR count). The van der Waals surface area contributed by atoms with E-state index in [0.29, 0.717) is 9.92 Å². The number of hydrogen-bond acceptors (Lipinski definition) is 3. The number of rotatable bonds is 6. The van der Waals surface area contributed by atoms with Gasteiger partial charge in [0.15, 0.2) is 0 Å². The second-order valence-electron chi connectivity index (χ2n) is 6.40. The first kappa shape index (κ1) is 19.6. The van der Waals surface area contributed by atoms with Crippen LogP contribution in [0.3, 0.4) is 0 Å². The molecule has 2 atom stereocenters. The van der Waals surface area contributed by atoms with Crippen molar-refractivity contribution < 1.29 is 13.7 Å². The highest BCUT2D eigenvalue weighted by Crippen LogP contribution is 2.36. The highest BCUT2D eigenvalue weighted by molar-refractivity contribution is 7.83. The summed E-state index contributed by atoms with van der Waals surface area (Å²) in [5, 5.41) is 0.595. The first-order chi connectivity index (χ1) is 11.8. The smallest absolute Gasteiger partial charge is 0.313 e. The zero-order chi connectivity index (χ0) is 18.6. The van der Waals surface area contributed by atoms with Gasteiger partial charge >= 0.3 is 5.97 Å². The number of hydrogen-bond donors (Lipinski definition) is 1. The van der Waals surface area contributed by atoms with Gasteiger partial charge in [0.25, 0.3) is 0 Å². The number of carbonyl (C=O) groups excluding carboxylic acids is 1. The van der Waals surface area contributed by atoms with Crippen LogP contribution in [0.2, 0.25) is 5.02 Å². The average molecular weight is 380 g/mol. The Morgan fingerprint density at radius 3 is 2.20 bits per heavy atom. The molecule has 0 amide bonds. The van der Waals surface area contributed by atoms with Crippen molar-refractivity contribution in [3.63, 3.8) is 0 Å². The minimum atomic E-state index is -1.48. The molecule has 0 aliphatic carbocycles. The summed E-state index contributed by atoms with van der Waals surface area (Å²) >= 11 is 5.96. The van der Waals surface area contributed by atoms with Gasteiger partial charge in [-0.15, -0.1) is 0 Å². The summed E-state index contributed by atoms with van der Waals surface area (Å²) in [6, 6.07) is 14.0. The Morgan fingerprint density at radius 1 is 1.12 bits per heavy atom. The molecule has 0 spiro atoms. The molecule has 25 heavy (non-hydrogen) atoms. The number of ether oxygens (including phenoxy) is 1. The molecule has 1 N–H and O–H groups in total. The fourth-order valence-electron chi connectivity index (χ4n) is 2.51. The van der Waals surface area contributed by atoms with Gasteiger partial charge in [0.1, 0.15) is 11.0 Å². The largest absolute Gasteiger partial charge is 0.469 e. The van der Waals surface area contributed by atoms with Gasteiger partial charge in [-0.25, -0.2) is 8.93 Å². The Kier molecular flexibility index (Phi) is 6.38. The molecule has 2 aromatic rings. The van der Waals surface area contributed by atoms with Gasteiger partial charge in [-0.05, 0) is 50.6 Å². The molecule has 0 saturated carbocycles. The van der Waals surface area contributed by atoms with Crippen LogP contribution in [0, 0.1) is 12.3 Å². The summed E-state index contributed by atoms with van der Waals surface area (Å²) in [6.07, 6.45) is 0. The fraction of sp³-hybridized carbons (Fsp3) is 0.316. The van der Waals surface area contributed by atoms with Crippen LogP contribution in [-0.2, 0) is 20.5 Å². The van der Waals surface area contributed by atoms with E-state index < -0.39 is 22.4 Å². The van der Waals surface area contributed by atoms with Crippen LogP contribution in [0.5, 0.6) is 0 Å². The lowest BCUT2D eigenvalue weighted by Gasteiger charge is -2.32. The molecule has 6 heteroatoms. The van der Waals surface area contributed by atoms with Crippen LogP contribution in [0.15, 0.2) is 53.4 Å². The Hall–Kier alpha value is -1.69. The van der Waals surface area contributed by atoms with E-state index in [9.17, 15) is 9.00 Å². The van der Waals surface area contributed by atoms with Crippen LogP contribution >= 0.6 is 11.6 Å². The second kappa shape index (κ2) is 8.13. The van der Waals surface area contributed by atoms with E-state index in [-0.39, 0.29) is 5.97 Å². The van der Waals surface area contributed by atoms with E-state index >= 15 is 0 Å². The Morgan fingerprint density at radius 2 is 1.68 bits per heavy atom. The lowest BCUT2D eigenvalue weighted by atomic mass is 9.81. The summed E-state index contributed by atoms with van der Waals surface area (Å²) in [5.74, 6) is -0.388. The molecule has 0 aliphatic heterocycles. The van der Waals surface area contributed by atoms with E-state index in [1.807, 2.05) is 43.3 Å². The lowest BCUT2D eigenvalue weighted by Crippen LogP contribution is -2.41. The summed E-state index contributed by atoms with van der Waals surface area (Å²) in [4.78, 5) is 12.9. The third kappa shape index (κ3) is 4.69. The van der Waals surface area contributed by atoms with E-state index in [1.54, 1.807) is 26.0 Å². The van der Waals surface area contributed by atoms with Crippen LogP contribution in [0.25, 0.3) is 0 Å².